The predicted molar refractivity (Wildman–Crippen MR) is 84.0 cm³/mol. The van der Waals surface area contributed by atoms with Crippen LogP contribution in [0.3, 0.4) is 0 Å². The molecule has 1 saturated heterocycles. The van der Waals surface area contributed by atoms with Crippen LogP contribution < -0.4 is 5.32 Å². The van der Waals surface area contributed by atoms with Crippen molar-refractivity contribution in [1.82, 2.24) is 20.0 Å². The first-order chi connectivity index (χ1) is 9.21. The van der Waals surface area contributed by atoms with Crippen LogP contribution in [0.2, 0.25) is 0 Å². The molecule has 5 heteroatoms. The van der Waals surface area contributed by atoms with Crippen molar-refractivity contribution in [2.24, 2.45) is 5.41 Å². The van der Waals surface area contributed by atoms with Crippen molar-refractivity contribution in [3.8, 4) is 0 Å². The molecule has 2 amide bonds. The number of rotatable bonds is 5. The molecule has 0 aliphatic carbocycles. The van der Waals surface area contributed by atoms with Crippen LogP contribution in [-0.2, 0) is 0 Å². The van der Waals surface area contributed by atoms with Gasteiger partial charge in [-0.1, -0.05) is 13.8 Å². The highest BCUT2D eigenvalue weighted by molar-refractivity contribution is 5.73. The third-order valence-electron chi connectivity index (χ3n) is 3.76. The fourth-order valence-corrected chi connectivity index (χ4v) is 2.89. The molecule has 0 aromatic heterocycles. The van der Waals surface area contributed by atoms with Gasteiger partial charge in [0.1, 0.15) is 0 Å². The Labute approximate surface area is 124 Å². The molecule has 0 aromatic carbocycles. The largest absolute Gasteiger partial charge is 0.331 e. The van der Waals surface area contributed by atoms with E-state index in [1.54, 1.807) is 4.90 Å². The van der Waals surface area contributed by atoms with E-state index in [1.165, 1.54) is 0 Å². The van der Waals surface area contributed by atoms with Gasteiger partial charge in [-0.05, 0) is 32.4 Å². The number of nitrogens with one attached hydrogen (secondary N) is 1. The lowest BCUT2D eigenvalue weighted by Gasteiger charge is -2.36. The van der Waals surface area contributed by atoms with Crippen molar-refractivity contribution in [1.29, 1.82) is 0 Å². The first-order valence-corrected chi connectivity index (χ1v) is 7.55. The average Bonchev–Trinajstić information content (AvgIpc) is 2.34. The van der Waals surface area contributed by atoms with E-state index in [0.717, 1.165) is 39.0 Å². The first kappa shape index (κ1) is 17.2. The maximum atomic E-state index is 11.9. The van der Waals surface area contributed by atoms with Crippen LogP contribution in [-0.4, -0.2) is 81.1 Å². The van der Waals surface area contributed by atoms with Crippen molar-refractivity contribution in [3.05, 3.63) is 0 Å². The molecular formula is C15H32N4O. The number of urea groups is 1. The summed E-state index contributed by atoms with van der Waals surface area (Å²) in [6.45, 7) is 8.43. The summed E-state index contributed by atoms with van der Waals surface area (Å²) in [5.74, 6) is 0. The summed E-state index contributed by atoms with van der Waals surface area (Å²) in [7, 11) is 7.87. The molecule has 0 bridgehead atoms. The Hall–Kier alpha value is -0.810. The molecule has 20 heavy (non-hydrogen) atoms. The number of piperidine rings is 1. The van der Waals surface area contributed by atoms with E-state index in [1.807, 2.05) is 19.0 Å². The summed E-state index contributed by atoms with van der Waals surface area (Å²) in [6.07, 6.45) is 2.11. The third-order valence-corrected chi connectivity index (χ3v) is 3.76. The van der Waals surface area contributed by atoms with Gasteiger partial charge in [0.15, 0.2) is 0 Å². The molecule has 1 heterocycles. The topological polar surface area (TPSA) is 38.8 Å². The molecule has 1 N–H and O–H groups in total. The highest BCUT2D eigenvalue weighted by Gasteiger charge is 2.25. The summed E-state index contributed by atoms with van der Waals surface area (Å²) in [5, 5.41) is 3.68. The lowest BCUT2D eigenvalue weighted by molar-refractivity contribution is 0.148. The Kier molecular flexibility index (Phi) is 6.27. The molecule has 0 unspecified atom stereocenters. The maximum Gasteiger partial charge on any atom is 0.319 e. The molecule has 1 aliphatic rings. The van der Waals surface area contributed by atoms with E-state index < -0.39 is 0 Å². The van der Waals surface area contributed by atoms with Crippen LogP contribution in [0.5, 0.6) is 0 Å². The lowest BCUT2D eigenvalue weighted by Crippen LogP contribution is -2.50. The van der Waals surface area contributed by atoms with Gasteiger partial charge in [-0.25, -0.2) is 4.79 Å². The van der Waals surface area contributed by atoms with Gasteiger partial charge in [0.25, 0.3) is 0 Å². The fraction of sp³-hybridized carbons (Fsp3) is 0.933. The number of carbonyl (C=O) groups is 1. The second-order valence-corrected chi connectivity index (χ2v) is 7.22. The molecule has 0 saturated carbocycles. The van der Waals surface area contributed by atoms with E-state index >= 15 is 0 Å². The molecule has 1 rings (SSSR count). The molecule has 0 spiro atoms. The highest BCUT2D eigenvalue weighted by Crippen LogP contribution is 2.17. The van der Waals surface area contributed by atoms with Gasteiger partial charge in [0, 0.05) is 46.3 Å². The first-order valence-electron chi connectivity index (χ1n) is 7.55. The number of amides is 2. The molecule has 5 nitrogen and oxygen atoms in total. The van der Waals surface area contributed by atoms with Gasteiger partial charge in [-0.3, -0.25) is 0 Å². The smallest absolute Gasteiger partial charge is 0.319 e. The minimum Gasteiger partial charge on any atom is -0.331 e. The quantitative estimate of drug-likeness (QED) is 0.827. The van der Waals surface area contributed by atoms with Crippen LogP contribution in [0.25, 0.3) is 0 Å². The molecule has 0 atom stereocenters. The zero-order valence-corrected chi connectivity index (χ0v) is 14.1. The monoisotopic (exact) mass is 284 g/mol. The average molecular weight is 284 g/mol. The fourth-order valence-electron chi connectivity index (χ4n) is 2.89. The Morgan fingerprint density at radius 1 is 1.20 bits per heavy atom. The second-order valence-electron chi connectivity index (χ2n) is 7.22. The van der Waals surface area contributed by atoms with E-state index in [4.69, 9.17) is 0 Å². The minimum absolute atomic E-state index is 0.136. The van der Waals surface area contributed by atoms with Gasteiger partial charge in [-0.15, -0.1) is 0 Å². The van der Waals surface area contributed by atoms with Crippen molar-refractivity contribution in [2.75, 3.05) is 54.4 Å². The summed E-state index contributed by atoms with van der Waals surface area (Å²) in [4.78, 5) is 17.7. The molecule has 1 fully saturated rings. The molecule has 0 aromatic rings. The predicted octanol–water partition coefficient (Wildman–Crippen LogP) is 1.31. The van der Waals surface area contributed by atoms with Crippen molar-refractivity contribution in [2.45, 2.75) is 32.7 Å². The second kappa shape index (κ2) is 7.27. The molecule has 1 aliphatic heterocycles. The van der Waals surface area contributed by atoms with Crippen LogP contribution in [0.15, 0.2) is 0 Å². The third kappa shape index (κ3) is 5.67. The zero-order valence-electron chi connectivity index (χ0n) is 14.1. The van der Waals surface area contributed by atoms with Crippen molar-refractivity contribution in [3.63, 3.8) is 0 Å². The van der Waals surface area contributed by atoms with Crippen LogP contribution in [0.4, 0.5) is 4.79 Å². The zero-order chi connectivity index (χ0) is 15.3. The van der Waals surface area contributed by atoms with Crippen LogP contribution in [0.1, 0.15) is 26.7 Å². The number of likely N-dealkylation sites (tertiary alicyclic amines) is 1. The number of hydrogen-bond acceptors (Lipinski definition) is 3. The number of nitrogens with zero attached hydrogens (tertiary/aromatic N) is 3. The number of carbonyl (C=O) groups excluding carboxylic acids is 1. The lowest BCUT2D eigenvalue weighted by atomic mass is 9.92. The minimum atomic E-state index is 0.136. The molecule has 118 valence electrons. The molecular weight excluding hydrogens is 252 g/mol. The summed E-state index contributed by atoms with van der Waals surface area (Å²) < 4.78 is 0. The van der Waals surface area contributed by atoms with Crippen molar-refractivity contribution >= 4 is 6.03 Å². The van der Waals surface area contributed by atoms with Gasteiger partial charge in [0.05, 0.1) is 0 Å². The molecule has 0 radical (unpaired) electrons. The maximum absolute atomic E-state index is 11.9. The summed E-state index contributed by atoms with van der Waals surface area (Å²) in [6, 6.07) is 0.680. The Balaban J connectivity index is 2.31. The summed E-state index contributed by atoms with van der Waals surface area (Å²) in [5.41, 5.74) is 0.278. The van der Waals surface area contributed by atoms with Gasteiger partial charge in [-0.2, -0.15) is 0 Å². The number of hydrogen-bond donors (Lipinski definition) is 1. The van der Waals surface area contributed by atoms with Gasteiger partial charge < -0.3 is 20.0 Å². The van der Waals surface area contributed by atoms with Crippen LogP contribution >= 0.6 is 0 Å². The standard InChI is InChI=1S/C15H32N4O/c1-15(2,12-17(3)4)11-16-13-7-9-19(10-8-13)14(20)18(5)6/h13,16H,7-12H2,1-6H3. The van der Waals surface area contributed by atoms with Gasteiger partial charge in [0.2, 0.25) is 0 Å². The highest BCUT2D eigenvalue weighted by atomic mass is 16.2. The Bertz CT molecular complexity index is 307. The Morgan fingerprint density at radius 3 is 2.20 bits per heavy atom. The Morgan fingerprint density at radius 2 is 1.75 bits per heavy atom. The van der Waals surface area contributed by atoms with E-state index in [0.29, 0.717) is 6.04 Å². The van der Waals surface area contributed by atoms with E-state index in [9.17, 15) is 4.79 Å². The van der Waals surface area contributed by atoms with E-state index in [2.05, 4.69) is 38.2 Å². The normalized spacial score (nSPS) is 17.6. The van der Waals surface area contributed by atoms with Crippen LogP contribution in [0, 0.1) is 5.41 Å². The van der Waals surface area contributed by atoms with Gasteiger partial charge >= 0.3 is 6.03 Å². The van der Waals surface area contributed by atoms with E-state index in [-0.39, 0.29) is 11.4 Å². The SMILES string of the molecule is CN(C)CC(C)(C)CNC1CCN(C(=O)N(C)C)CC1. The van der Waals surface area contributed by atoms with Crippen molar-refractivity contribution < 1.29 is 4.79 Å². The summed E-state index contributed by atoms with van der Waals surface area (Å²) >= 11 is 0.